The van der Waals surface area contributed by atoms with Crippen molar-refractivity contribution < 1.29 is 4.79 Å². The second-order valence-corrected chi connectivity index (χ2v) is 5.84. The van der Waals surface area contributed by atoms with Crippen molar-refractivity contribution in [3.8, 4) is 0 Å². The number of benzene rings is 1. The number of rotatable bonds is 5. The molecule has 0 radical (unpaired) electrons. The van der Waals surface area contributed by atoms with Crippen LogP contribution in [0, 0.1) is 0 Å². The molecule has 1 aromatic rings. The molecule has 20 heavy (non-hydrogen) atoms. The van der Waals surface area contributed by atoms with Gasteiger partial charge in [-0.15, -0.1) is 0 Å². The molecular formula is C17H26N2O. The van der Waals surface area contributed by atoms with Crippen LogP contribution in [-0.4, -0.2) is 24.5 Å². The van der Waals surface area contributed by atoms with Crippen molar-refractivity contribution >= 4 is 5.91 Å². The fourth-order valence-corrected chi connectivity index (χ4v) is 2.99. The Morgan fingerprint density at radius 2 is 2.15 bits per heavy atom. The van der Waals surface area contributed by atoms with Gasteiger partial charge in [-0.1, -0.05) is 43.7 Å². The lowest BCUT2D eigenvalue weighted by Crippen LogP contribution is -2.47. The molecule has 0 saturated carbocycles. The van der Waals surface area contributed by atoms with Gasteiger partial charge >= 0.3 is 0 Å². The molecule has 3 unspecified atom stereocenters. The van der Waals surface area contributed by atoms with Crippen molar-refractivity contribution in [2.45, 2.75) is 57.5 Å². The minimum atomic E-state index is -0.00797. The molecule has 1 aliphatic rings. The standard InChI is InChI=1S/C17H26N2O/c1-3-7-16(14-8-5-4-6-9-14)17(20)19-15-10-11-18-13(2)12-15/h4-6,8-9,13,15-16,18H,3,7,10-12H2,1-2H3,(H,19,20). The van der Waals surface area contributed by atoms with Crippen LogP contribution in [-0.2, 0) is 4.79 Å². The lowest BCUT2D eigenvalue weighted by Gasteiger charge is -2.30. The monoisotopic (exact) mass is 274 g/mol. The molecule has 0 aromatic heterocycles. The minimum Gasteiger partial charge on any atom is -0.353 e. The summed E-state index contributed by atoms with van der Waals surface area (Å²) < 4.78 is 0. The number of hydrogen-bond donors (Lipinski definition) is 2. The van der Waals surface area contributed by atoms with Gasteiger partial charge < -0.3 is 10.6 Å². The summed E-state index contributed by atoms with van der Waals surface area (Å²) in [4.78, 5) is 12.6. The van der Waals surface area contributed by atoms with Crippen molar-refractivity contribution in [3.63, 3.8) is 0 Å². The Balaban J connectivity index is 2.00. The van der Waals surface area contributed by atoms with Gasteiger partial charge in [0.2, 0.25) is 5.91 Å². The van der Waals surface area contributed by atoms with E-state index in [0.717, 1.165) is 37.8 Å². The molecule has 3 heteroatoms. The summed E-state index contributed by atoms with van der Waals surface area (Å²) in [6, 6.07) is 11.0. The topological polar surface area (TPSA) is 41.1 Å². The Labute approximate surface area is 122 Å². The van der Waals surface area contributed by atoms with E-state index in [2.05, 4.69) is 36.6 Å². The molecule has 110 valence electrons. The maximum atomic E-state index is 12.6. The Bertz CT molecular complexity index is 418. The summed E-state index contributed by atoms with van der Waals surface area (Å²) in [5, 5.41) is 6.67. The number of nitrogens with one attached hydrogen (secondary N) is 2. The highest BCUT2D eigenvalue weighted by atomic mass is 16.1. The van der Waals surface area contributed by atoms with Crippen LogP contribution in [0.15, 0.2) is 30.3 Å². The van der Waals surface area contributed by atoms with Crippen molar-refractivity contribution in [1.29, 1.82) is 0 Å². The zero-order valence-corrected chi connectivity index (χ0v) is 12.6. The van der Waals surface area contributed by atoms with Crippen LogP contribution in [0.1, 0.15) is 51.0 Å². The van der Waals surface area contributed by atoms with Gasteiger partial charge in [-0.2, -0.15) is 0 Å². The number of piperidine rings is 1. The van der Waals surface area contributed by atoms with Crippen LogP contribution in [0.25, 0.3) is 0 Å². The summed E-state index contributed by atoms with van der Waals surface area (Å²) in [6.07, 6.45) is 4.00. The third kappa shape index (κ3) is 4.07. The molecule has 0 bridgehead atoms. The summed E-state index contributed by atoms with van der Waals surface area (Å²) in [5.41, 5.74) is 1.13. The molecule has 1 saturated heterocycles. The maximum Gasteiger partial charge on any atom is 0.227 e. The van der Waals surface area contributed by atoms with Crippen molar-refractivity contribution in [2.75, 3.05) is 6.54 Å². The molecule has 1 heterocycles. The normalized spacial score (nSPS) is 24.1. The second kappa shape index (κ2) is 7.44. The van der Waals surface area contributed by atoms with Crippen LogP contribution in [0.2, 0.25) is 0 Å². The highest BCUT2D eigenvalue weighted by Crippen LogP contribution is 2.22. The maximum absolute atomic E-state index is 12.6. The van der Waals surface area contributed by atoms with E-state index >= 15 is 0 Å². The molecular weight excluding hydrogens is 248 g/mol. The average Bonchev–Trinajstić information content (AvgIpc) is 2.45. The van der Waals surface area contributed by atoms with Gasteiger partial charge in [-0.3, -0.25) is 4.79 Å². The fraction of sp³-hybridized carbons (Fsp3) is 0.588. The third-order valence-electron chi connectivity index (χ3n) is 4.07. The van der Waals surface area contributed by atoms with E-state index in [4.69, 9.17) is 0 Å². The number of carbonyl (C=O) groups excluding carboxylic acids is 1. The molecule has 3 atom stereocenters. The smallest absolute Gasteiger partial charge is 0.227 e. The zero-order valence-electron chi connectivity index (χ0n) is 12.6. The molecule has 1 fully saturated rings. The highest BCUT2D eigenvalue weighted by molar-refractivity contribution is 5.83. The number of carbonyl (C=O) groups is 1. The van der Waals surface area contributed by atoms with Crippen LogP contribution in [0.5, 0.6) is 0 Å². The van der Waals surface area contributed by atoms with E-state index in [0.29, 0.717) is 12.1 Å². The Morgan fingerprint density at radius 3 is 2.80 bits per heavy atom. The average molecular weight is 274 g/mol. The molecule has 2 N–H and O–H groups in total. The molecule has 1 aliphatic heterocycles. The third-order valence-corrected chi connectivity index (χ3v) is 4.07. The second-order valence-electron chi connectivity index (χ2n) is 5.84. The summed E-state index contributed by atoms with van der Waals surface area (Å²) in [7, 11) is 0. The highest BCUT2D eigenvalue weighted by Gasteiger charge is 2.24. The fourth-order valence-electron chi connectivity index (χ4n) is 2.99. The van der Waals surface area contributed by atoms with Gasteiger partial charge in [0.05, 0.1) is 5.92 Å². The van der Waals surface area contributed by atoms with Crippen LogP contribution in [0.4, 0.5) is 0 Å². The van der Waals surface area contributed by atoms with Crippen molar-refractivity contribution in [1.82, 2.24) is 10.6 Å². The van der Waals surface area contributed by atoms with Crippen LogP contribution < -0.4 is 10.6 Å². The zero-order chi connectivity index (χ0) is 14.4. The minimum absolute atomic E-state index is 0.00797. The Kier molecular flexibility index (Phi) is 5.60. The first-order valence-corrected chi connectivity index (χ1v) is 7.79. The molecule has 0 spiro atoms. The van der Waals surface area contributed by atoms with Crippen molar-refractivity contribution in [2.24, 2.45) is 0 Å². The van der Waals surface area contributed by atoms with Gasteiger partial charge in [0, 0.05) is 12.1 Å². The van der Waals surface area contributed by atoms with E-state index in [1.54, 1.807) is 0 Å². The first-order valence-electron chi connectivity index (χ1n) is 7.79. The van der Waals surface area contributed by atoms with Gasteiger partial charge in [0.25, 0.3) is 0 Å². The van der Waals surface area contributed by atoms with E-state index in [1.165, 1.54) is 0 Å². The number of hydrogen-bond acceptors (Lipinski definition) is 2. The first-order chi connectivity index (χ1) is 9.70. The molecule has 2 rings (SSSR count). The predicted octanol–water partition coefficient (Wildman–Crippen LogP) is 2.83. The van der Waals surface area contributed by atoms with E-state index in [1.807, 2.05) is 18.2 Å². The summed E-state index contributed by atoms with van der Waals surface area (Å²) >= 11 is 0. The van der Waals surface area contributed by atoms with Gasteiger partial charge in [-0.05, 0) is 38.3 Å². The number of amides is 1. The lowest BCUT2D eigenvalue weighted by atomic mass is 9.92. The molecule has 1 aromatic carbocycles. The van der Waals surface area contributed by atoms with E-state index in [9.17, 15) is 4.79 Å². The Hall–Kier alpha value is -1.35. The summed E-state index contributed by atoms with van der Waals surface area (Å²) in [6.45, 7) is 5.31. The molecule has 0 aliphatic carbocycles. The SMILES string of the molecule is CCCC(C(=O)NC1CCNC(C)C1)c1ccccc1. The summed E-state index contributed by atoms with van der Waals surface area (Å²) in [5.74, 6) is 0.184. The van der Waals surface area contributed by atoms with Gasteiger partial charge in [0.15, 0.2) is 0 Å². The van der Waals surface area contributed by atoms with E-state index < -0.39 is 0 Å². The lowest BCUT2D eigenvalue weighted by molar-refractivity contribution is -0.123. The largest absolute Gasteiger partial charge is 0.353 e. The van der Waals surface area contributed by atoms with Crippen LogP contribution in [0.3, 0.4) is 0 Å². The van der Waals surface area contributed by atoms with Crippen molar-refractivity contribution in [3.05, 3.63) is 35.9 Å². The molecule has 3 nitrogen and oxygen atoms in total. The Morgan fingerprint density at radius 1 is 1.40 bits per heavy atom. The van der Waals surface area contributed by atoms with Gasteiger partial charge in [-0.25, -0.2) is 0 Å². The van der Waals surface area contributed by atoms with Gasteiger partial charge in [0.1, 0.15) is 0 Å². The predicted molar refractivity (Wildman–Crippen MR) is 82.7 cm³/mol. The molecule has 1 amide bonds. The van der Waals surface area contributed by atoms with E-state index in [-0.39, 0.29) is 11.8 Å². The first kappa shape index (κ1) is 15.0. The quantitative estimate of drug-likeness (QED) is 0.867. The van der Waals surface area contributed by atoms with Crippen LogP contribution >= 0.6 is 0 Å².